The first kappa shape index (κ1) is 75.2. The van der Waals surface area contributed by atoms with Crippen LogP contribution in [0, 0.1) is 0 Å². The first-order chi connectivity index (χ1) is 38.0. The number of carbonyl (C=O) groups excluding carboxylic acids is 3. The maximum absolute atomic E-state index is 12.9. The Balaban J connectivity index is 4.27. The van der Waals surface area contributed by atoms with Gasteiger partial charge in [-0.1, -0.05) is 354 Å². The number of unbranched alkanes of at least 4 members (excludes halogenated alkanes) is 53. The molecule has 0 spiro atoms. The van der Waals surface area contributed by atoms with Gasteiger partial charge >= 0.3 is 17.9 Å². The molecule has 0 N–H and O–H groups in total. The first-order valence-corrected chi connectivity index (χ1v) is 35.2. The minimum Gasteiger partial charge on any atom is -0.462 e. The van der Waals surface area contributed by atoms with Gasteiger partial charge in [0.1, 0.15) is 13.2 Å². The highest BCUT2D eigenvalue weighted by molar-refractivity contribution is 5.71. The maximum Gasteiger partial charge on any atom is 0.306 e. The predicted octanol–water partition coefficient (Wildman–Crippen LogP) is 24.0. The first-order valence-electron chi connectivity index (χ1n) is 35.2. The molecule has 6 nitrogen and oxygen atoms in total. The van der Waals surface area contributed by atoms with E-state index in [1.54, 1.807) is 0 Å². The van der Waals surface area contributed by atoms with E-state index in [1.807, 2.05) is 0 Å². The van der Waals surface area contributed by atoms with Crippen molar-refractivity contribution in [1.29, 1.82) is 0 Å². The van der Waals surface area contributed by atoms with Gasteiger partial charge in [0.15, 0.2) is 6.10 Å². The highest BCUT2D eigenvalue weighted by atomic mass is 16.6. The van der Waals surface area contributed by atoms with Gasteiger partial charge in [-0.2, -0.15) is 0 Å². The summed E-state index contributed by atoms with van der Waals surface area (Å²) in [6.45, 7) is 6.73. The lowest BCUT2D eigenvalue weighted by Gasteiger charge is -2.18. The Morgan fingerprint density at radius 3 is 0.649 bits per heavy atom. The molecule has 1 atom stereocenters. The third kappa shape index (κ3) is 64.9. The van der Waals surface area contributed by atoms with E-state index in [9.17, 15) is 14.4 Å². The van der Waals surface area contributed by atoms with Crippen LogP contribution in [0.3, 0.4) is 0 Å². The van der Waals surface area contributed by atoms with E-state index < -0.39 is 6.10 Å². The number of rotatable bonds is 66. The Kier molecular flexibility index (Phi) is 65.1. The largest absolute Gasteiger partial charge is 0.462 e. The summed E-state index contributed by atoms with van der Waals surface area (Å²) in [7, 11) is 0. The minimum absolute atomic E-state index is 0.0648. The zero-order valence-electron chi connectivity index (χ0n) is 52.5. The second-order valence-corrected chi connectivity index (χ2v) is 24.2. The van der Waals surface area contributed by atoms with Crippen LogP contribution in [-0.4, -0.2) is 37.2 Å². The number of carbonyl (C=O) groups is 3. The molecule has 0 aromatic rings. The van der Waals surface area contributed by atoms with Gasteiger partial charge in [0.05, 0.1) is 0 Å². The molecule has 0 saturated carbocycles. The molecule has 0 bridgehead atoms. The Bertz CT molecular complexity index is 1200. The molecule has 0 aliphatic heterocycles. The fourth-order valence-corrected chi connectivity index (χ4v) is 11.0. The second kappa shape index (κ2) is 66.7. The van der Waals surface area contributed by atoms with Gasteiger partial charge < -0.3 is 14.2 Å². The van der Waals surface area contributed by atoms with Crippen LogP contribution in [0.1, 0.15) is 406 Å². The molecule has 0 rings (SSSR count). The maximum atomic E-state index is 12.9. The standard InChI is InChI=1S/C71H136O6/c1-4-7-10-13-16-19-22-25-28-31-34-35-36-37-38-41-43-46-49-52-55-58-61-64-70(73)76-67-68(77-71(74)65-62-59-56-53-50-47-44-40-33-30-27-24-21-18-15-12-9-6-3)66-75-69(72)63-60-57-54-51-48-45-42-39-32-29-26-23-20-17-14-11-8-5-2/h30,33,68H,4-29,31-32,34-67H2,1-3H3/b33-30-. The fourth-order valence-electron chi connectivity index (χ4n) is 11.0. The van der Waals surface area contributed by atoms with Crippen molar-refractivity contribution in [2.75, 3.05) is 13.2 Å². The average Bonchev–Trinajstić information content (AvgIpc) is 3.43. The van der Waals surface area contributed by atoms with E-state index in [2.05, 4.69) is 32.9 Å². The van der Waals surface area contributed by atoms with Crippen LogP contribution >= 0.6 is 0 Å². The van der Waals surface area contributed by atoms with Crippen molar-refractivity contribution in [3.05, 3.63) is 12.2 Å². The van der Waals surface area contributed by atoms with Gasteiger partial charge in [0, 0.05) is 19.3 Å². The number of allylic oxidation sites excluding steroid dienone is 2. The van der Waals surface area contributed by atoms with E-state index in [0.29, 0.717) is 19.3 Å². The van der Waals surface area contributed by atoms with Crippen molar-refractivity contribution in [2.24, 2.45) is 0 Å². The molecular weight excluding hydrogens is 949 g/mol. The predicted molar refractivity (Wildman–Crippen MR) is 335 cm³/mol. The molecule has 1 unspecified atom stereocenters. The molecule has 0 saturated heterocycles. The van der Waals surface area contributed by atoms with Gasteiger partial charge in [0.2, 0.25) is 0 Å². The van der Waals surface area contributed by atoms with Crippen molar-refractivity contribution < 1.29 is 28.6 Å². The van der Waals surface area contributed by atoms with Gasteiger partial charge in [-0.25, -0.2) is 0 Å². The SMILES string of the molecule is CCCCCCCCC/C=C\CCCCCCCCCC(=O)OC(COC(=O)CCCCCCCCCCCCCCCCCCCC)COC(=O)CCCCCCCCCCCCCCCCCCCCCCCCC. The number of hydrogen-bond donors (Lipinski definition) is 0. The van der Waals surface area contributed by atoms with Crippen LogP contribution < -0.4 is 0 Å². The lowest BCUT2D eigenvalue weighted by molar-refractivity contribution is -0.167. The lowest BCUT2D eigenvalue weighted by atomic mass is 10.0. The highest BCUT2D eigenvalue weighted by Crippen LogP contribution is 2.19. The van der Waals surface area contributed by atoms with Gasteiger partial charge in [-0.05, 0) is 44.9 Å². The normalized spacial score (nSPS) is 12.0. The topological polar surface area (TPSA) is 78.9 Å². The van der Waals surface area contributed by atoms with E-state index >= 15 is 0 Å². The zero-order chi connectivity index (χ0) is 55.7. The third-order valence-electron chi connectivity index (χ3n) is 16.3. The Morgan fingerprint density at radius 1 is 0.247 bits per heavy atom. The minimum atomic E-state index is -0.769. The molecule has 0 aliphatic rings. The van der Waals surface area contributed by atoms with E-state index in [-0.39, 0.29) is 31.1 Å². The molecule has 0 radical (unpaired) electrons. The fraction of sp³-hybridized carbons (Fsp3) is 0.930. The number of ether oxygens (including phenoxy) is 3. The third-order valence-corrected chi connectivity index (χ3v) is 16.3. The number of hydrogen-bond acceptors (Lipinski definition) is 6. The van der Waals surface area contributed by atoms with Crippen LogP contribution in [0.25, 0.3) is 0 Å². The van der Waals surface area contributed by atoms with E-state index in [1.165, 1.54) is 308 Å². The lowest BCUT2D eigenvalue weighted by Crippen LogP contribution is -2.30. The smallest absolute Gasteiger partial charge is 0.306 e. The molecule has 0 heterocycles. The summed E-state index contributed by atoms with van der Waals surface area (Å²) in [5.41, 5.74) is 0. The molecule has 6 heteroatoms. The van der Waals surface area contributed by atoms with Gasteiger partial charge in [-0.3, -0.25) is 14.4 Å². The van der Waals surface area contributed by atoms with Gasteiger partial charge in [0.25, 0.3) is 0 Å². The Labute approximate surface area is 481 Å². The van der Waals surface area contributed by atoms with Crippen molar-refractivity contribution in [3.63, 3.8) is 0 Å². The summed E-state index contributed by atoms with van der Waals surface area (Å²) in [6, 6.07) is 0. The Hall–Kier alpha value is -1.85. The molecule has 456 valence electrons. The molecule has 0 aromatic carbocycles. The molecular formula is C71H136O6. The molecule has 77 heavy (non-hydrogen) atoms. The molecule has 0 aromatic heterocycles. The Morgan fingerprint density at radius 2 is 0.429 bits per heavy atom. The summed E-state index contributed by atoms with van der Waals surface area (Å²) in [6.07, 6.45) is 79.5. The number of esters is 3. The van der Waals surface area contributed by atoms with Crippen LogP contribution in [0.5, 0.6) is 0 Å². The van der Waals surface area contributed by atoms with Crippen LogP contribution in [0.4, 0.5) is 0 Å². The monoisotopic (exact) mass is 1090 g/mol. The molecule has 0 fully saturated rings. The summed E-state index contributed by atoms with van der Waals surface area (Å²) in [4.78, 5) is 38.4. The highest BCUT2D eigenvalue weighted by Gasteiger charge is 2.19. The summed E-state index contributed by atoms with van der Waals surface area (Å²) >= 11 is 0. The zero-order valence-corrected chi connectivity index (χ0v) is 52.5. The van der Waals surface area contributed by atoms with Crippen molar-refractivity contribution >= 4 is 17.9 Å². The van der Waals surface area contributed by atoms with Crippen LogP contribution in [0.15, 0.2) is 12.2 Å². The van der Waals surface area contributed by atoms with E-state index in [0.717, 1.165) is 57.8 Å². The summed E-state index contributed by atoms with van der Waals surface area (Å²) < 4.78 is 17.0. The van der Waals surface area contributed by atoms with Crippen molar-refractivity contribution in [3.8, 4) is 0 Å². The van der Waals surface area contributed by atoms with Crippen LogP contribution in [0.2, 0.25) is 0 Å². The quantitative estimate of drug-likeness (QED) is 0.0261. The van der Waals surface area contributed by atoms with Crippen LogP contribution in [-0.2, 0) is 28.6 Å². The van der Waals surface area contributed by atoms with E-state index in [4.69, 9.17) is 14.2 Å². The second-order valence-electron chi connectivity index (χ2n) is 24.2. The summed E-state index contributed by atoms with van der Waals surface area (Å²) in [5.74, 6) is -0.832. The van der Waals surface area contributed by atoms with Crippen molar-refractivity contribution in [1.82, 2.24) is 0 Å². The summed E-state index contributed by atoms with van der Waals surface area (Å²) in [5, 5.41) is 0. The average molecular weight is 1090 g/mol. The molecule has 0 aliphatic carbocycles. The van der Waals surface area contributed by atoms with Crippen molar-refractivity contribution in [2.45, 2.75) is 412 Å². The molecule has 0 amide bonds. The van der Waals surface area contributed by atoms with Gasteiger partial charge in [-0.15, -0.1) is 0 Å².